The highest BCUT2D eigenvalue weighted by Gasteiger charge is 2.69. The van der Waals surface area contributed by atoms with E-state index in [9.17, 15) is 27.9 Å². The van der Waals surface area contributed by atoms with Gasteiger partial charge in [0.2, 0.25) is 0 Å². The van der Waals surface area contributed by atoms with Crippen LogP contribution in [0.4, 0.5) is 18.0 Å². The molecule has 1 amide bonds. The van der Waals surface area contributed by atoms with Crippen LogP contribution < -0.4 is 0 Å². The number of ether oxygens (including phenoxy) is 1. The maximum absolute atomic E-state index is 13.8. The van der Waals surface area contributed by atoms with Crippen LogP contribution in [0, 0.1) is 5.41 Å². The maximum Gasteiger partial charge on any atom is 0.410 e. The van der Waals surface area contributed by atoms with Crippen molar-refractivity contribution in [3.63, 3.8) is 0 Å². The molecule has 1 aliphatic rings. The predicted octanol–water partition coefficient (Wildman–Crippen LogP) is 3.65. The molecule has 2 atom stereocenters. The summed E-state index contributed by atoms with van der Waals surface area (Å²) < 4.78 is 46.6. The van der Waals surface area contributed by atoms with Crippen molar-refractivity contribution in [2.45, 2.75) is 38.5 Å². The molecule has 5 nitrogen and oxygen atoms in total. The minimum atomic E-state index is -5.03. The van der Waals surface area contributed by atoms with Gasteiger partial charge in [-0.2, -0.15) is 13.2 Å². The lowest BCUT2D eigenvalue weighted by molar-refractivity contribution is -0.231. The second-order valence-corrected chi connectivity index (χ2v) is 7.10. The van der Waals surface area contributed by atoms with E-state index in [0.717, 1.165) is 4.90 Å². The Labute approximate surface area is 143 Å². The molecule has 25 heavy (non-hydrogen) atoms. The number of carbonyl (C=O) groups is 2. The summed E-state index contributed by atoms with van der Waals surface area (Å²) in [5.74, 6) is -3.42. The third-order valence-corrected chi connectivity index (χ3v) is 4.18. The first-order valence-corrected chi connectivity index (χ1v) is 7.71. The Balaban J connectivity index is 2.47. The highest BCUT2D eigenvalue weighted by atomic mass is 19.4. The van der Waals surface area contributed by atoms with Gasteiger partial charge in [0, 0.05) is 19.0 Å². The van der Waals surface area contributed by atoms with Crippen LogP contribution in [-0.2, 0) is 9.53 Å². The molecule has 8 heteroatoms. The standard InChI is InChI=1S/C17H20F3NO4/c1-15(2,3)25-14(24)21-9-12(11-7-5-4-6-8-11)16(10-21,13(22)23)17(18,19)20/h4-8,12H,9-10H2,1-3H3,(H,22,23)/t12-,16-/m0/s1. The zero-order valence-electron chi connectivity index (χ0n) is 14.1. The third-order valence-electron chi connectivity index (χ3n) is 4.18. The lowest BCUT2D eigenvalue weighted by Gasteiger charge is -2.32. The number of carbonyl (C=O) groups excluding carboxylic acids is 1. The molecule has 1 aliphatic heterocycles. The molecule has 0 unspecified atom stereocenters. The highest BCUT2D eigenvalue weighted by Crippen LogP contribution is 2.53. The Morgan fingerprint density at radius 2 is 1.76 bits per heavy atom. The summed E-state index contributed by atoms with van der Waals surface area (Å²) in [6.07, 6.45) is -5.99. The molecule has 1 saturated heterocycles. The van der Waals surface area contributed by atoms with Crippen LogP contribution in [0.5, 0.6) is 0 Å². The van der Waals surface area contributed by atoms with Crippen LogP contribution in [0.3, 0.4) is 0 Å². The van der Waals surface area contributed by atoms with E-state index >= 15 is 0 Å². The van der Waals surface area contributed by atoms with Crippen molar-refractivity contribution in [1.82, 2.24) is 4.90 Å². The minimum Gasteiger partial charge on any atom is -0.481 e. The Kier molecular flexibility index (Phi) is 4.76. The lowest BCUT2D eigenvalue weighted by Crippen LogP contribution is -2.50. The number of nitrogens with zero attached hydrogens (tertiary/aromatic N) is 1. The average Bonchev–Trinajstić information content (AvgIpc) is 2.88. The van der Waals surface area contributed by atoms with Crippen LogP contribution in [0.2, 0.25) is 0 Å². The molecular weight excluding hydrogens is 339 g/mol. The molecule has 0 saturated carbocycles. The molecule has 1 N–H and O–H groups in total. The van der Waals surface area contributed by atoms with Crippen molar-refractivity contribution in [1.29, 1.82) is 0 Å². The molecule has 1 fully saturated rings. The van der Waals surface area contributed by atoms with E-state index in [1.165, 1.54) is 24.3 Å². The van der Waals surface area contributed by atoms with Gasteiger partial charge in [-0.1, -0.05) is 30.3 Å². The summed E-state index contributed by atoms with van der Waals surface area (Å²) in [5.41, 5.74) is -3.76. The van der Waals surface area contributed by atoms with Gasteiger partial charge in [-0.3, -0.25) is 4.79 Å². The summed E-state index contributed by atoms with van der Waals surface area (Å²) in [7, 11) is 0. The van der Waals surface area contributed by atoms with Crippen LogP contribution in [0.1, 0.15) is 32.3 Å². The molecular formula is C17H20F3NO4. The van der Waals surface area contributed by atoms with E-state index in [-0.39, 0.29) is 12.1 Å². The number of benzene rings is 1. The topological polar surface area (TPSA) is 66.8 Å². The van der Waals surface area contributed by atoms with Crippen molar-refractivity contribution in [2.24, 2.45) is 5.41 Å². The first-order chi connectivity index (χ1) is 11.4. The number of alkyl halides is 3. The van der Waals surface area contributed by atoms with E-state index < -0.39 is 41.7 Å². The molecule has 138 valence electrons. The molecule has 1 aromatic carbocycles. The van der Waals surface area contributed by atoms with E-state index in [1.807, 2.05) is 0 Å². The van der Waals surface area contributed by atoms with Crippen LogP contribution >= 0.6 is 0 Å². The quantitative estimate of drug-likeness (QED) is 0.875. The highest BCUT2D eigenvalue weighted by molar-refractivity contribution is 5.80. The Morgan fingerprint density at radius 1 is 1.20 bits per heavy atom. The molecule has 0 aliphatic carbocycles. The second kappa shape index (κ2) is 6.24. The minimum absolute atomic E-state index is 0.216. The average molecular weight is 359 g/mol. The van der Waals surface area contributed by atoms with Gasteiger partial charge in [0.15, 0.2) is 5.41 Å². The van der Waals surface area contributed by atoms with Crippen LogP contribution in [-0.4, -0.2) is 46.9 Å². The van der Waals surface area contributed by atoms with Crippen molar-refractivity contribution >= 4 is 12.1 Å². The molecule has 1 aromatic rings. The maximum atomic E-state index is 13.8. The van der Waals surface area contributed by atoms with Crippen molar-refractivity contribution in [3.05, 3.63) is 35.9 Å². The smallest absolute Gasteiger partial charge is 0.410 e. The molecule has 2 rings (SSSR count). The fourth-order valence-electron chi connectivity index (χ4n) is 3.02. The Morgan fingerprint density at radius 3 is 2.20 bits per heavy atom. The molecule has 0 aromatic heterocycles. The monoisotopic (exact) mass is 359 g/mol. The summed E-state index contributed by atoms with van der Waals surface area (Å²) in [5, 5.41) is 9.46. The van der Waals surface area contributed by atoms with Gasteiger partial charge in [-0.05, 0) is 26.3 Å². The van der Waals surface area contributed by atoms with Gasteiger partial charge in [0.25, 0.3) is 0 Å². The van der Waals surface area contributed by atoms with Crippen LogP contribution in [0.25, 0.3) is 0 Å². The van der Waals surface area contributed by atoms with Crippen LogP contribution in [0.15, 0.2) is 30.3 Å². The van der Waals surface area contributed by atoms with E-state index in [1.54, 1.807) is 26.8 Å². The number of hydrogen-bond donors (Lipinski definition) is 1. The van der Waals surface area contributed by atoms with Crippen molar-refractivity contribution < 1.29 is 32.6 Å². The number of hydrogen-bond acceptors (Lipinski definition) is 3. The third kappa shape index (κ3) is 3.57. The van der Waals surface area contributed by atoms with Gasteiger partial charge < -0.3 is 14.7 Å². The van der Waals surface area contributed by atoms with E-state index in [0.29, 0.717) is 0 Å². The number of carboxylic acid groups (broad SMARTS) is 1. The van der Waals surface area contributed by atoms with E-state index in [4.69, 9.17) is 4.74 Å². The number of halogens is 3. The van der Waals surface area contributed by atoms with E-state index in [2.05, 4.69) is 0 Å². The number of carboxylic acids is 1. The Bertz CT molecular complexity index is 654. The van der Waals surface area contributed by atoms with Gasteiger partial charge in [0.05, 0.1) is 0 Å². The summed E-state index contributed by atoms with van der Waals surface area (Å²) in [4.78, 5) is 24.8. The zero-order chi connectivity index (χ0) is 19.0. The van der Waals surface area contributed by atoms with Crippen molar-refractivity contribution in [3.8, 4) is 0 Å². The first-order valence-electron chi connectivity index (χ1n) is 7.71. The fourth-order valence-corrected chi connectivity index (χ4v) is 3.02. The summed E-state index contributed by atoms with van der Waals surface area (Å²) in [6, 6.07) is 7.57. The first kappa shape index (κ1) is 19.1. The summed E-state index contributed by atoms with van der Waals surface area (Å²) >= 11 is 0. The van der Waals surface area contributed by atoms with Gasteiger partial charge in [-0.25, -0.2) is 4.79 Å². The normalized spacial score (nSPS) is 24.2. The number of rotatable bonds is 2. The molecule has 0 spiro atoms. The lowest BCUT2D eigenvalue weighted by atomic mass is 9.74. The molecule has 0 radical (unpaired) electrons. The largest absolute Gasteiger partial charge is 0.481 e. The number of amides is 1. The molecule has 0 bridgehead atoms. The SMILES string of the molecule is CC(C)(C)OC(=O)N1C[C@@H](c2ccccc2)[C@@](C(=O)O)(C(F)(F)F)C1. The predicted molar refractivity (Wildman–Crippen MR) is 83.1 cm³/mol. The number of likely N-dealkylation sites (tertiary alicyclic amines) is 1. The summed E-state index contributed by atoms with van der Waals surface area (Å²) in [6.45, 7) is 3.39. The molecule has 1 heterocycles. The zero-order valence-corrected chi connectivity index (χ0v) is 14.1. The number of aliphatic carboxylic acids is 1. The van der Waals surface area contributed by atoms with Gasteiger partial charge in [0.1, 0.15) is 5.60 Å². The Hall–Kier alpha value is -2.25. The van der Waals surface area contributed by atoms with Gasteiger partial charge in [-0.15, -0.1) is 0 Å². The van der Waals surface area contributed by atoms with Gasteiger partial charge >= 0.3 is 18.2 Å². The van der Waals surface area contributed by atoms with Crippen molar-refractivity contribution in [2.75, 3.05) is 13.1 Å². The second-order valence-electron chi connectivity index (χ2n) is 7.10. The fraction of sp³-hybridized carbons (Fsp3) is 0.529.